The van der Waals surface area contributed by atoms with E-state index in [1.54, 1.807) is 31.2 Å². The number of nitrogens with two attached hydrogens (primary N) is 1. The van der Waals surface area contributed by atoms with Crippen LogP contribution in [0.1, 0.15) is 26.3 Å². The minimum absolute atomic E-state index is 0.234. The van der Waals surface area contributed by atoms with Gasteiger partial charge >= 0.3 is 0 Å². The van der Waals surface area contributed by atoms with Gasteiger partial charge in [0.05, 0.1) is 5.69 Å². The predicted octanol–water partition coefficient (Wildman–Crippen LogP) is 4.03. The number of hydrogen-bond acceptors (Lipinski definition) is 4. The van der Waals surface area contributed by atoms with Crippen LogP contribution in [-0.4, -0.2) is 10.6 Å². The van der Waals surface area contributed by atoms with Gasteiger partial charge in [-0.2, -0.15) is 4.98 Å². The van der Waals surface area contributed by atoms with Crippen molar-refractivity contribution < 1.29 is 9.13 Å². The third kappa shape index (κ3) is 4.08. The number of pyridine rings is 1. The second-order valence-corrected chi connectivity index (χ2v) is 5.89. The first-order valence-electron chi connectivity index (χ1n) is 6.73. The summed E-state index contributed by atoms with van der Waals surface area (Å²) in [7, 11) is 0. The van der Waals surface area contributed by atoms with E-state index in [-0.39, 0.29) is 11.4 Å². The molecule has 5 heteroatoms. The molecule has 2 rings (SSSR count). The van der Waals surface area contributed by atoms with Crippen molar-refractivity contribution in [2.75, 3.05) is 11.1 Å². The number of nitrogen functional groups attached to an aromatic ring is 1. The number of rotatable bonds is 3. The molecule has 0 fully saturated rings. The topological polar surface area (TPSA) is 60.2 Å². The normalized spacial score (nSPS) is 11.3. The van der Waals surface area contributed by atoms with Gasteiger partial charge in [0.1, 0.15) is 17.2 Å². The van der Waals surface area contributed by atoms with Gasteiger partial charge in [0.2, 0.25) is 5.88 Å². The highest BCUT2D eigenvalue weighted by atomic mass is 19.1. The van der Waals surface area contributed by atoms with Crippen LogP contribution in [0.15, 0.2) is 30.3 Å². The van der Waals surface area contributed by atoms with Gasteiger partial charge < -0.3 is 15.8 Å². The summed E-state index contributed by atoms with van der Waals surface area (Å²) in [5, 5.41) is 3.11. The van der Waals surface area contributed by atoms with Crippen molar-refractivity contribution >= 4 is 17.2 Å². The minimum Gasteiger partial charge on any atom is -0.470 e. The molecule has 0 saturated carbocycles. The number of halogens is 1. The molecular formula is C16H20FN3O. The van der Waals surface area contributed by atoms with Crippen LogP contribution in [0.5, 0.6) is 5.88 Å². The second-order valence-electron chi connectivity index (χ2n) is 5.89. The molecule has 0 atom stereocenters. The molecule has 0 aliphatic heterocycles. The molecule has 0 aliphatic rings. The second kappa shape index (κ2) is 5.60. The Morgan fingerprint density at radius 3 is 2.52 bits per heavy atom. The molecule has 0 amide bonds. The van der Waals surface area contributed by atoms with Crippen molar-refractivity contribution in [2.45, 2.75) is 33.3 Å². The number of nitrogens with one attached hydrogen (secondary N) is 1. The SMILES string of the molecule is Cc1cc(Nc2ccc(N)c(OC(C)(C)C)n2)ccc1F. The molecule has 1 heterocycles. The smallest absolute Gasteiger partial charge is 0.239 e. The Morgan fingerprint density at radius 2 is 1.90 bits per heavy atom. The molecule has 0 bridgehead atoms. The summed E-state index contributed by atoms with van der Waals surface area (Å²) in [6.07, 6.45) is 0. The zero-order chi connectivity index (χ0) is 15.6. The summed E-state index contributed by atoms with van der Waals surface area (Å²) in [5.41, 5.74) is 7.29. The molecule has 21 heavy (non-hydrogen) atoms. The molecule has 3 N–H and O–H groups in total. The van der Waals surface area contributed by atoms with E-state index in [1.165, 1.54) is 6.07 Å². The first-order chi connectivity index (χ1) is 9.74. The van der Waals surface area contributed by atoms with Crippen LogP contribution in [0.3, 0.4) is 0 Å². The van der Waals surface area contributed by atoms with Gasteiger partial charge in [-0.3, -0.25) is 0 Å². The van der Waals surface area contributed by atoms with Gasteiger partial charge in [-0.05, 0) is 63.6 Å². The molecule has 0 saturated heterocycles. The summed E-state index contributed by atoms with van der Waals surface area (Å²) in [6, 6.07) is 8.28. The number of anilines is 3. The van der Waals surface area contributed by atoms with Crippen molar-refractivity contribution in [3.05, 3.63) is 41.7 Å². The van der Waals surface area contributed by atoms with E-state index < -0.39 is 0 Å². The summed E-state index contributed by atoms with van der Waals surface area (Å²) in [4.78, 5) is 4.35. The number of hydrogen-bond donors (Lipinski definition) is 2. The lowest BCUT2D eigenvalue weighted by Crippen LogP contribution is -2.24. The fourth-order valence-electron chi connectivity index (χ4n) is 1.76. The van der Waals surface area contributed by atoms with Gasteiger partial charge in [0, 0.05) is 5.69 Å². The molecule has 2 aromatic rings. The maximum atomic E-state index is 13.3. The largest absolute Gasteiger partial charge is 0.470 e. The van der Waals surface area contributed by atoms with Crippen LogP contribution in [0, 0.1) is 12.7 Å². The standard InChI is InChI=1S/C16H20FN3O/c1-10-9-11(5-6-12(10)17)19-14-8-7-13(18)15(20-14)21-16(2,3)4/h5-9H,18H2,1-4H3,(H,19,20). The van der Waals surface area contributed by atoms with Gasteiger partial charge in [-0.15, -0.1) is 0 Å². The number of nitrogens with zero attached hydrogens (tertiary/aromatic N) is 1. The molecule has 112 valence electrons. The Hall–Kier alpha value is -2.30. The summed E-state index contributed by atoms with van der Waals surface area (Å²) in [5.74, 6) is 0.739. The number of benzene rings is 1. The zero-order valence-electron chi connectivity index (χ0n) is 12.7. The van der Waals surface area contributed by atoms with E-state index in [2.05, 4.69) is 10.3 Å². The lowest BCUT2D eigenvalue weighted by Gasteiger charge is -2.21. The first-order valence-corrected chi connectivity index (χ1v) is 6.73. The molecule has 0 unspecified atom stereocenters. The molecule has 0 aliphatic carbocycles. The van der Waals surface area contributed by atoms with E-state index in [9.17, 15) is 4.39 Å². The monoisotopic (exact) mass is 289 g/mol. The lowest BCUT2D eigenvalue weighted by molar-refractivity contribution is 0.125. The Balaban J connectivity index is 2.24. The van der Waals surface area contributed by atoms with Crippen LogP contribution in [0.4, 0.5) is 21.6 Å². The number of aryl methyl sites for hydroxylation is 1. The fourth-order valence-corrected chi connectivity index (χ4v) is 1.76. The third-order valence-electron chi connectivity index (χ3n) is 2.72. The van der Waals surface area contributed by atoms with E-state index in [4.69, 9.17) is 10.5 Å². The quantitative estimate of drug-likeness (QED) is 0.895. The highest BCUT2D eigenvalue weighted by molar-refractivity contribution is 5.61. The number of aromatic nitrogens is 1. The minimum atomic E-state index is -0.383. The van der Waals surface area contributed by atoms with E-state index in [0.29, 0.717) is 22.9 Å². The zero-order valence-corrected chi connectivity index (χ0v) is 12.7. The molecule has 1 aromatic carbocycles. The van der Waals surface area contributed by atoms with Crippen molar-refractivity contribution in [1.82, 2.24) is 4.98 Å². The molecule has 4 nitrogen and oxygen atoms in total. The van der Waals surface area contributed by atoms with Crippen molar-refractivity contribution in [3.8, 4) is 5.88 Å². The van der Waals surface area contributed by atoms with Gasteiger partial charge in [-0.25, -0.2) is 4.39 Å². The third-order valence-corrected chi connectivity index (χ3v) is 2.72. The van der Waals surface area contributed by atoms with Crippen molar-refractivity contribution in [1.29, 1.82) is 0 Å². The Bertz CT molecular complexity index is 650. The van der Waals surface area contributed by atoms with E-state index in [0.717, 1.165) is 5.69 Å². The average Bonchev–Trinajstić information content (AvgIpc) is 2.36. The van der Waals surface area contributed by atoms with E-state index >= 15 is 0 Å². The Kier molecular flexibility index (Phi) is 4.02. The van der Waals surface area contributed by atoms with Crippen molar-refractivity contribution in [3.63, 3.8) is 0 Å². The van der Waals surface area contributed by atoms with Gasteiger partial charge in [-0.1, -0.05) is 0 Å². The van der Waals surface area contributed by atoms with Crippen LogP contribution in [0.2, 0.25) is 0 Å². The Labute approximate surface area is 124 Å². The Morgan fingerprint density at radius 1 is 1.19 bits per heavy atom. The molecule has 1 aromatic heterocycles. The predicted molar refractivity (Wildman–Crippen MR) is 83.5 cm³/mol. The lowest BCUT2D eigenvalue weighted by atomic mass is 10.2. The molecule has 0 radical (unpaired) electrons. The highest BCUT2D eigenvalue weighted by Gasteiger charge is 2.15. The van der Waals surface area contributed by atoms with Crippen LogP contribution >= 0.6 is 0 Å². The van der Waals surface area contributed by atoms with Gasteiger partial charge in [0.25, 0.3) is 0 Å². The van der Waals surface area contributed by atoms with Crippen LogP contribution in [0.25, 0.3) is 0 Å². The summed E-state index contributed by atoms with van der Waals surface area (Å²) >= 11 is 0. The average molecular weight is 289 g/mol. The fraction of sp³-hybridized carbons (Fsp3) is 0.312. The summed E-state index contributed by atoms with van der Waals surface area (Å²) in [6.45, 7) is 7.50. The summed E-state index contributed by atoms with van der Waals surface area (Å²) < 4.78 is 19.0. The van der Waals surface area contributed by atoms with Crippen LogP contribution in [-0.2, 0) is 0 Å². The van der Waals surface area contributed by atoms with Gasteiger partial charge in [0.15, 0.2) is 0 Å². The maximum Gasteiger partial charge on any atom is 0.239 e. The molecule has 0 spiro atoms. The maximum absolute atomic E-state index is 13.3. The van der Waals surface area contributed by atoms with Crippen LogP contribution < -0.4 is 15.8 Å². The first kappa shape index (κ1) is 15.1. The highest BCUT2D eigenvalue weighted by Crippen LogP contribution is 2.26. The molecular weight excluding hydrogens is 269 g/mol. The van der Waals surface area contributed by atoms with Crippen molar-refractivity contribution in [2.24, 2.45) is 0 Å². The number of ether oxygens (including phenoxy) is 1. The van der Waals surface area contributed by atoms with E-state index in [1.807, 2.05) is 20.8 Å².